The number of halogens is 1. The van der Waals surface area contributed by atoms with Crippen molar-refractivity contribution in [2.24, 2.45) is 17.3 Å². The Bertz CT molecular complexity index is 825. The number of amides is 1. The highest BCUT2D eigenvalue weighted by atomic mass is 35.5. The summed E-state index contributed by atoms with van der Waals surface area (Å²) >= 11 is 6.41. The minimum Gasteiger partial charge on any atom is -0.383 e. The highest BCUT2D eigenvalue weighted by Gasteiger charge is 2.51. The summed E-state index contributed by atoms with van der Waals surface area (Å²) in [5, 5.41) is 7.56. The summed E-state index contributed by atoms with van der Waals surface area (Å²) in [5.74, 6) is 1.65. The predicted molar refractivity (Wildman–Crippen MR) is 125 cm³/mol. The van der Waals surface area contributed by atoms with Gasteiger partial charge in [0.2, 0.25) is 5.91 Å². The number of carbonyl (C=O) groups is 1. The molecule has 0 radical (unpaired) electrons. The molecule has 1 heterocycles. The lowest BCUT2D eigenvalue weighted by molar-refractivity contribution is -0.125. The topological polar surface area (TPSA) is 53.6 Å². The molecule has 3 aliphatic carbocycles. The second kappa shape index (κ2) is 9.62. The fraction of sp³-hybridized carbons (Fsp3) is 0.640. The summed E-state index contributed by atoms with van der Waals surface area (Å²) < 4.78 is 5.09. The summed E-state index contributed by atoms with van der Waals surface area (Å²) in [5.41, 5.74) is 3.08. The molecule has 1 amide bonds. The van der Waals surface area contributed by atoms with Crippen LogP contribution < -0.4 is 10.6 Å². The lowest BCUT2D eigenvalue weighted by atomic mass is 9.49. The molecule has 0 spiro atoms. The SMILES string of the molecule is COCCNC(=O)[C@@H]1C[C@@H](NCC2=CC[C@H]3C[C@@H]2C3(C)C)CN1Cc1ccccc1Cl. The van der Waals surface area contributed by atoms with Crippen LogP contribution in [0.2, 0.25) is 5.02 Å². The van der Waals surface area contributed by atoms with Crippen molar-refractivity contribution in [1.29, 1.82) is 0 Å². The fourth-order valence-corrected chi connectivity index (χ4v) is 5.87. The van der Waals surface area contributed by atoms with Gasteiger partial charge in [0, 0.05) is 44.4 Å². The van der Waals surface area contributed by atoms with Crippen molar-refractivity contribution in [3.05, 3.63) is 46.5 Å². The molecule has 4 atom stereocenters. The number of carbonyl (C=O) groups excluding carboxylic acids is 1. The van der Waals surface area contributed by atoms with Gasteiger partial charge in [-0.2, -0.15) is 0 Å². The molecule has 2 bridgehead atoms. The van der Waals surface area contributed by atoms with Gasteiger partial charge in [0.1, 0.15) is 0 Å². The smallest absolute Gasteiger partial charge is 0.237 e. The third-order valence-electron chi connectivity index (χ3n) is 7.82. The molecule has 1 aromatic rings. The van der Waals surface area contributed by atoms with Gasteiger partial charge in [0.15, 0.2) is 0 Å². The van der Waals surface area contributed by atoms with Crippen LogP contribution in [-0.4, -0.2) is 56.2 Å². The Labute approximate surface area is 191 Å². The predicted octanol–water partition coefficient (Wildman–Crippen LogP) is 3.63. The van der Waals surface area contributed by atoms with E-state index in [2.05, 4.69) is 35.5 Å². The van der Waals surface area contributed by atoms with E-state index in [9.17, 15) is 4.79 Å². The summed E-state index contributed by atoms with van der Waals surface area (Å²) in [4.78, 5) is 15.2. The molecule has 0 aromatic heterocycles. The highest BCUT2D eigenvalue weighted by Crippen LogP contribution is 2.59. The Balaban J connectivity index is 1.39. The van der Waals surface area contributed by atoms with Crippen LogP contribution in [-0.2, 0) is 16.1 Å². The summed E-state index contributed by atoms with van der Waals surface area (Å²) in [6, 6.07) is 8.05. The van der Waals surface area contributed by atoms with Gasteiger partial charge in [0.05, 0.1) is 12.6 Å². The van der Waals surface area contributed by atoms with E-state index in [1.54, 1.807) is 12.7 Å². The number of allylic oxidation sites excluding steroid dienone is 1. The van der Waals surface area contributed by atoms with Gasteiger partial charge in [-0.1, -0.05) is 55.3 Å². The molecule has 2 N–H and O–H groups in total. The fourth-order valence-electron chi connectivity index (χ4n) is 5.68. The van der Waals surface area contributed by atoms with E-state index < -0.39 is 0 Å². The number of benzene rings is 1. The van der Waals surface area contributed by atoms with Crippen LogP contribution >= 0.6 is 11.6 Å². The molecular weight excluding hydrogens is 410 g/mol. The Morgan fingerprint density at radius 2 is 2.10 bits per heavy atom. The largest absolute Gasteiger partial charge is 0.383 e. The lowest BCUT2D eigenvalue weighted by Crippen LogP contribution is -2.50. The molecule has 5 rings (SSSR count). The second-order valence-corrected chi connectivity index (χ2v) is 10.4. The zero-order chi connectivity index (χ0) is 22.0. The van der Waals surface area contributed by atoms with Crippen LogP contribution in [0, 0.1) is 17.3 Å². The third kappa shape index (κ3) is 4.85. The Hall–Kier alpha value is -1.40. The van der Waals surface area contributed by atoms with E-state index >= 15 is 0 Å². The average molecular weight is 446 g/mol. The molecule has 31 heavy (non-hydrogen) atoms. The zero-order valence-electron chi connectivity index (χ0n) is 19.0. The Morgan fingerprint density at radius 1 is 1.29 bits per heavy atom. The van der Waals surface area contributed by atoms with Crippen molar-refractivity contribution in [3.8, 4) is 0 Å². The van der Waals surface area contributed by atoms with E-state index in [0.717, 1.165) is 36.0 Å². The number of likely N-dealkylation sites (tertiary alicyclic amines) is 1. The molecule has 1 aliphatic heterocycles. The van der Waals surface area contributed by atoms with Gasteiger partial charge in [-0.15, -0.1) is 0 Å². The quantitative estimate of drug-likeness (QED) is 0.450. The Morgan fingerprint density at radius 3 is 2.81 bits per heavy atom. The second-order valence-electron chi connectivity index (χ2n) is 9.96. The van der Waals surface area contributed by atoms with E-state index in [4.69, 9.17) is 16.3 Å². The highest BCUT2D eigenvalue weighted by molar-refractivity contribution is 6.31. The van der Waals surface area contributed by atoms with E-state index in [-0.39, 0.29) is 11.9 Å². The van der Waals surface area contributed by atoms with Crippen LogP contribution in [0.5, 0.6) is 0 Å². The number of nitrogens with one attached hydrogen (secondary N) is 2. The van der Waals surface area contributed by atoms with Crippen molar-refractivity contribution in [2.45, 2.75) is 51.7 Å². The van der Waals surface area contributed by atoms with Gasteiger partial charge >= 0.3 is 0 Å². The minimum atomic E-state index is -0.157. The number of ether oxygens (including phenoxy) is 1. The molecule has 1 aromatic carbocycles. The van der Waals surface area contributed by atoms with Gasteiger partial charge in [-0.3, -0.25) is 9.69 Å². The van der Waals surface area contributed by atoms with E-state index in [0.29, 0.717) is 37.1 Å². The van der Waals surface area contributed by atoms with E-state index in [1.807, 2.05) is 24.3 Å². The molecule has 1 saturated carbocycles. The monoisotopic (exact) mass is 445 g/mol. The van der Waals surface area contributed by atoms with Crippen LogP contribution in [0.3, 0.4) is 0 Å². The molecule has 5 nitrogen and oxygen atoms in total. The van der Waals surface area contributed by atoms with Gasteiger partial charge in [-0.25, -0.2) is 0 Å². The van der Waals surface area contributed by atoms with Crippen molar-refractivity contribution in [3.63, 3.8) is 0 Å². The third-order valence-corrected chi connectivity index (χ3v) is 8.19. The first-order valence-electron chi connectivity index (χ1n) is 11.6. The molecule has 170 valence electrons. The number of hydrogen-bond acceptors (Lipinski definition) is 4. The summed E-state index contributed by atoms with van der Waals surface area (Å²) in [7, 11) is 1.65. The maximum absolute atomic E-state index is 12.9. The van der Waals surface area contributed by atoms with E-state index in [1.165, 1.54) is 12.8 Å². The summed E-state index contributed by atoms with van der Waals surface area (Å²) in [6.45, 7) is 8.35. The van der Waals surface area contributed by atoms with Crippen LogP contribution in [0.15, 0.2) is 35.9 Å². The maximum Gasteiger partial charge on any atom is 0.237 e. The number of rotatable bonds is 9. The van der Waals surface area contributed by atoms with Crippen LogP contribution in [0.25, 0.3) is 0 Å². The zero-order valence-corrected chi connectivity index (χ0v) is 19.8. The van der Waals surface area contributed by atoms with Crippen molar-refractivity contribution < 1.29 is 9.53 Å². The number of nitrogens with zero attached hydrogens (tertiary/aromatic N) is 1. The number of fused-ring (bicyclic) bond motifs is 1. The molecule has 1 saturated heterocycles. The van der Waals surface area contributed by atoms with Gasteiger partial charge in [-0.05, 0) is 48.1 Å². The molecule has 0 unspecified atom stereocenters. The molecule has 6 heteroatoms. The molecule has 2 fully saturated rings. The maximum atomic E-state index is 12.9. The standard InChI is InChI=1S/C25H36ClN3O2/c1-25(2)19-9-8-17(21(25)12-19)14-28-20-13-23(24(30)27-10-11-31-3)29(16-20)15-18-6-4-5-7-22(18)26/h4-8,19-21,23,28H,9-16H2,1-3H3,(H,27,30)/t19-,20+,21-,23-/m0/s1. The van der Waals surface area contributed by atoms with Gasteiger partial charge < -0.3 is 15.4 Å². The van der Waals surface area contributed by atoms with Crippen molar-refractivity contribution in [2.75, 3.05) is 33.4 Å². The first-order valence-corrected chi connectivity index (χ1v) is 11.9. The first-order chi connectivity index (χ1) is 14.9. The van der Waals surface area contributed by atoms with Crippen molar-refractivity contribution in [1.82, 2.24) is 15.5 Å². The van der Waals surface area contributed by atoms with Crippen molar-refractivity contribution >= 4 is 17.5 Å². The van der Waals surface area contributed by atoms with Gasteiger partial charge in [0.25, 0.3) is 0 Å². The number of hydrogen-bond donors (Lipinski definition) is 2. The minimum absolute atomic E-state index is 0.0771. The summed E-state index contributed by atoms with van der Waals surface area (Å²) in [6.07, 6.45) is 5.83. The first kappa shape index (κ1) is 22.8. The van der Waals surface area contributed by atoms with Crippen LogP contribution in [0.1, 0.15) is 38.7 Å². The number of methoxy groups -OCH3 is 1. The average Bonchev–Trinajstić information content (AvgIpc) is 3.17. The molecular formula is C25H36ClN3O2. The molecule has 4 aliphatic rings. The lowest BCUT2D eigenvalue weighted by Gasteiger charge is -2.56. The normalized spacial score (nSPS) is 29.4. The van der Waals surface area contributed by atoms with Crippen LogP contribution in [0.4, 0.5) is 0 Å². The Kier molecular flexibility index (Phi) is 7.07.